The predicted molar refractivity (Wildman–Crippen MR) is 82.6 cm³/mol. The van der Waals surface area contributed by atoms with Gasteiger partial charge in [-0.2, -0.15) is 0 Å². The average Bonchev–Trinajstić information content (AvgIpc) is 2.42. The highest BCUT2D eigenvalue weighted by molar-refractivity contribution is 5.32. The maximum atomic E-state index is 3.67. The normalized spacial score (nSPS) is 18.5. The monoisotopic (exact) mass is 260 g/mol. The molecule has 0 spiro atoms. The average molecular weight is 260 g/mol. The molecular formula is C17H28N2. The van der Waals surface area contributed by atoms with Crippen molar-refractivity contribution >= 4 is 0 Å². The number of benzene rings is 1. The highest BCUT2D eigenvalue weighted by Gasteiger charge is 2.11. The smallest absolute Gasteiger partial charge is 0.0295 e. The van der Waals surface area contributed by atoms with Crippen molar-refractivity contribution in [1.82, 2.24) is 10.2 Å². The van der Waals surface area contributed by atoms with Crippen LogP contribution in [0.3, 0.4) is 0 Å². The summed E-state index contributed by atoms with van der Waals surface area (Å²) in [7, 11) is 0. The molecule has 2 nitrogen and oxygen atoms in total. The Balaban J connectivity index is 1.80. The van der Waals surface area contributed by atoms with Crippen molar-refractivity contribution in [2.24, 2.45) is 0 Å². The molecule has 0 aliphatic carbocycles. The van der Waals surface area contributed by atoms with Gasteiger partial charge >= 0.3 is 0 Å². The minimum atomic E-state index is 0.449. The molecule has 1 atom stereocenters. The van der Waals surface area contributed by atoms with E-state index in [0.29, 0.717) is 6.04 Å². The zero-order chi connectivity index (χ0) is 13.7. The summed E-state index contributed by atoms with van der Waals surface area (Å²) in [6.45, 7) is 11.5. The van der Waals surface area contributed by atoms with Crippen LogP contribution in [0.4, 0.5) is 0 Å². The molecule has 19 heavy (non-hydrogen) atoms. The summed E-state index contributed by atoms with van der Waals surface area (Å²) in [5.41, 5.74) is 4.19. The maximum Gasteiger partial charge on any atom is 0.0295 e. The molecule has 2 rings (SSSR count). The largest absolute Gasteiger partial charge is 0.309 e. The van der Waals surface area contributed by atoms with Crippen LogP contribution in [0.1, 0.15) is 48.9 Å². The van der Waals surface area contributed by atoms with Crippen LogP contribution in [0.5, 0.6) is 0 Å². The van der Waals surface area contributed by atoms with E-state index in [-0.39, 0.29) is 0 Å². The quantitative estimate of drug-likeness (QED) is 0.872. The van der Waals surface area contributed by atoms with Crippen LogP contribution in [0.2, 0.25) is 0 Å². The van der Waals surface area contributed by atoms with E-state index in [1.165, 1.54) is 55.6 Å². The fourth-order valence-electron chi connectivity index (χ4n) is 2.96. The molecule has 1 N–H and O–H groups in total. The summed E-state index contributed by atoms with van der Waals surface area (Å²) in [6, 6.07) is 7.19. The van der Waals surface area contributed by atoms with E-state index in [1.807, 2.05) is 0 Å². The molecule has 1 heterocycles. The summed E-state index contributed by atoms with van der Waals surface area (Å²) < 4.78 is 0. The predicted octanol–water partition coefficient (Wildman–Crippen LogP) is 3.44. The third-order valence-corrected chi connectivity index (χ3v) is 4.23. The van der Waals surface area contributed by atoms with Gasteiger partial charge in [0, 0.05) is 19.1 Å². The third-order valence-electron chi connectivity index (χ3n) is 4.23. The molecule has 1 saturated heterocycles. The zero-order valence-corrected chi connectivity index (χ0v) is 12.7. The lowest BCUT2D eigenvalue weighted by atomic mass is 10.00. The van der Waals surface area contributed by atoms with E-state index < -0.39 is 0 Å². The number of likely N-dealkylation sites (tertiary alicyclic amines) is 1. The Hall–Kier alpha value is -0.860. The molecule has 0 amide bonds. The molecule has 0 saturated carbocycles. The second kappa shape index (κ2) is 7.06. The summed E-state index contributed by atoms with van der Waals surface area (Å²) in [6.07, 6.45) is 4.18. The molecule has 1 fully saturated rings. The topological polar surface area (TPSA) is 15.3 Å². The molecular weight excluding hydrogens is 232 g/mol. The van der Waals surface area contributed by atoms with Crippen molar-refractivity contribution in [2.75, 3.05) is 26.2 Å². The van der Waals surface area contributed by atoms with Gasteiger partial charge in [0.25, 0.3) is 0 Å². The van der Waals surface area contributed by atoms with E-state index >= 15 is 0 Å². The minimum absolute atomic E-state index is 0.449. The summed E-state index contributed by atoms with van der Waals surface area (Å²) in [5.74, 6) is 0. The SMILES string of the molecule is Cc1ccc(C)c(C(C)NCCN2CCCCC2)c1. The van der Waals surface area contributed by atoms with E-state index in [1.54, 1.807) is 0 Å². The zero-order valence-electron chi connectivity index (χ0n) is 12.7. The van der Waals surface area contributed by atoms with E-state index in [9.17, 15) is 0 Å². The van der Waals surface area contributed by atoms with Gasteiger partial charge in [-0.3, -0.25) is 0 Å². The standard InChI is InChI=1S/C17H28N2/c1-14-7-8-15(2)17(13-14)16(3)18-9-12-19-10-5-4-6-11-19/h7-8,13,16,18H,4-6,9-12H2,1-3H3. The van der Waals surface area contributed by atoms with E-state index in [0.717, 1.165) is 6.54 Å². The first kappa shape index (κ1) is 14.5. The van der Waals surface area contributed by atoms with Crippen LogP contribution >= 0.6 is 0 Å². The van der Waals surface area contributed by atoms with E-state index in [2.05, 4.69) is 49.2 Å². The van der Waals surface area contributed by atoms with Crippen molar-refractivity contribution in [3.63, 3.8) is 0 Å². The second-order valence-corrected chi connectivity index (χ2v) is 5.94. The Morgan fingerprint density at radius 2 is 1.89 bits per heavy atom. The summed E-state index contributed by atoms with van der Waals surface area (Å²) in [4.78, 5) is 2.59. The Labute approximate surface area is 118 Å². The van der Waals surface area contributed by atoms with Crippen LogP contribution in [0, 0.1) is 13.8 Å². The Kier molecular flexibility index (Phi) is 5.41. The Bertz CT molecular complexity index is 394. The first-order valence-corrected chi connectivity index (χ1v) is 7.69. The highest BCUT2D eigenvalue weighted by Crippen LogP contribution is 2.18. The second-order valence-electron chi connectivity index (χ2n) is 5.94. The molecule has 0 radical (unpaired) electrons. The van der Waals surface area contributed by atoms with Crippen molar-refractivity contribution in [3.8, 4) is 0 Å². The Morgan fingerprint density at radius 3 is 2.63 bits per heavy atom. The minimum Gasteiger partial charge on any atom is -0.309 e. The van der Waals surface area contributed by atoms with Crippen molar-refractivity contribution in [1.29, 1.82) is 0 Å². The molecule has 1 aliphatic rings. The molecule has 2 heteroatoms. The number of aryl methyl sites for hydroxylation is 2. The van der Waals surface area contributed by atoms with Crippen molar-refractivity contribution < 1.29 is 0 Å². The highest BCUT2D eigenvalue weighted by atomic mass is 15.1. The van der Waals surface area contributed by atoms with Crippen LogP contribution in [-0.2, 0) is 0 Å². The number of piperidine rings is 1. The van der Waals surface area contributed by atoms with Crippen LogP contribution < -0.4 is 5.32 Å². The lowest BCUT2D eigenvalue weighted by molar-refractivity contribution is 0.227. The van der Waals surface area contributed by atoms with Gasteiger partial charge in [-0.25, -0.2) is 0 Å². The third kappa shape index (κ3) is 4.32. The number of rotatable bonds is 5. The summed E-state index contributed by atoms with van der Waals surface area (Å²) in [5, 5.41) is 3.67. The van der Waals surface area contributed by atoms with Gasteiger partial charge < -0.3 is 10.2 Å². The summed E-state index contributed by atoms with van der Waals surface area (Å²) >= 11 is 0. The molecule has 1 aromatic carbocycles. The van der Waals surface area contributed by atoms with Gasteiger partial charge in [-0.05, 0) is 57.8 Å². The van der Waals surface area contributed by atoms with Crippen LogP contribution in [-0.4, -0.2) is 31.1 Å². The first-order chi connectivity index (χ1) is 9.16. The lowest BCUT2D eigenvalue weighted by Crippen LogP contribution is -2.36. The Morgan fingerprint density at radius 1 is 1.16 bits per heavy atom. The molecule has 0 bridgehead atoms. The van der Waals surface area contributed by atoms with Gasteiger partial charge in [-0.15, -0.1) is 0 Å². The molecule has 1 unspecified atom stereocenters. The number of nitrogens with one attached hydrogen (secondary N) is 1. The van der Waals surface area contributed by atoms with Crippen molar-refractivity contribution in [3.05, 3.63) is 34.9 Å². The fourth-order valence-corrected chi connectivity index (χ4v) is 2.96. The molecule has 1 aromatic rings. The van der Waals surface area contributed by atoms with Gasteiger partial charge in [0.1, 0.15) is 0 Å². The van der Waals surface area contributed by atoms with Crippen molar-refractivity contribution in [2.45, 2.75) is 46.1 Å². The van der Waals surface area contributed by atoms with Crippen LogP contribution in [0.15, 0.2) is 18.2 Å². The maximum absolute atomic E-state index is 3.67. The number of nitrogens with zero attached hydrogens (tertiary/aromatic N) is 1. The first-order valence-electron chi connectivity index (χ1n) is 7.69. The number of hydrogen-bond acceptors (Lipinski definition) is 2. The number of hydrogen-bond donors (Lipinski definition) is 1. The van der Waals surface area contributed by atoms with Gasteiger partial charge in [0.05, 0.1) is 0 Å². The van der Waals surface area contributed by atoms with Crippen LogP contribution in [0.25, 0.3) is 0 Å². The molecule has 1 aliphatic heterocycles. The van der Waals surface area contributed by atoms with Gasteiger partial charge in [0.15, 0.2) is 0 Å². The van der Waals surface area contributed by atoms with Gasteiger partial charge in [0.2, 0.25) is 0 Å². The molecule has 0 aromatic heterocycles. The van der Waals surface area contributed by atoms with E-state index in [4.69, 9.17) is 0 Å². The fraction of sp³-hybridized carbons (Fsp3) is 0.647. The lowest BCUT2D eigenvalue weighted by Gasteiger charge is -2.27. The van der Waals surface area contributed by atoms with Gasteiger partial charge in [-0.1, -0.05) is 30.2 Å². The molecule has 106 valence electrons.